The van der Waals surface area contributed by atoms with E-state index in [0.717, 1.165) is 0 Å². The van der Waals surface area contributed by atoms with Crippen molar-refractivity contribution in [1.29, 1.82) is 0 Å². The first-order valence-corrected chi connectivity index (χ1v) is 11.9. The van der Waals surface area contributed by atoms with E-state index in [1.54, 1.807) is 38.1 Å². The first-order chi connectivity index (χ1) is 17.2. The standard InChI is InChI=1S/C24H28ClN5O6/c1-3-36-24(35)30-11-9-29(10-12-30)23(34)18(7-8-20(31)32)28-22(33)19-13-15(2)26-21(27-19)16-5-4-6-17(25)14-16/h4-6,13-14,18H,3,7-12H2,1-2H3,(H,28,33)(H,31,32)/t18-/m0/s1. The van der Waals surface area contributed by atoms with Crippen molar-refractivity contribution in [3.05, 3.63) is 46.7 Å². The van der Waals surface area contributed by atoms with Gasteiger partial charge in [-0.3, -0.25) is 14.4 Å². The second-order valence-electron chi connectivity index (χ2n) is 8.20. The van der Waals surface area contributed by atoms with Gasteiger partial charge in [-0.05, 0) is 38.5 Å². The van der Waals surface area contributed by atoms with E-state index >= 15 is 0 Å². The molecule has 0 unspecified atom stereocenters. The number of amides is 3. The summed E-state index contributed by atoms with van der Waals surface area (Å²) in [7, 11) is 0. The van der Waals surface area contributed by atoms with Crippen molar-refractivity contribution >= 4 is 35.5 Å². The quantitative estimate of drug-likeness (QED) is 0.543. The van der Waals surface area contributed by atoms with Crippen LogP contribution in [0.25, 0.3) is 11.4 Å². The Bertz CT molecular complexity index is 1140. The third-order valence-corrected chi connectivity index (χ3v) is 5.77. The minimum absolute atomic E-state index is 0.0396. The van der Waals surface area contributed by atoms with E-state index in [2.05, 4.69) is 15.3 Å². The Labute approximate surface area is 213 Å². The van der Waals surface area contributed by atoms with E-state index in [9.17, 15) is 19.2 Å². The average Bonchev–Trinajstić information content (AvgIpc) is 2.85. The Morgan fingerprint density at radius 1 is 1.11 bits per heavy atom. The number of nitrogens with zero attached hydrogens (tertiary/aromatic N) is 4. The molecule has 192 valence electrons. The zero-order chi connectivity index (χ0) is 26.2. The van der Waals surface area contributed by atoms with Gasteiger partial charge in [-0.2, -0.15) is 0 Å². The molecule has 2 aromatic rings. The molecule has 1 saturated heterocycles. The number of nitrogens with one attached hydrogen (secondary N) is 1. The van der Waals surface area contributed by atoms with Gasteiger partial charge < -0.3 is 25.0 Å². The lowest BCUT2D eigenvalue weighted by Crippen LogP contribution is -2.56. The van der Waals surface area contributed by atoms with Crippen molar-refractivity contribution in [3.8, 4) is 11.4 Å². The summed E-state index contributed by atoms with van der Waals surface area (Å²) in [6.07, 6.45) is -0.853. The highest BCUT2D eigenvalue weighted by molar-refractivity contribution is 6.30. The van der Waals surface area contributed by atoms with Crippen LogP contribution in [0.15, 0.2) is 30.3 Å². The summed E-state index contributed by atoms with van der Waals surface area (Å²) >= 11 is 6.06. The minimum atomic E-state index is -1.09. The summed E-state index contributed by atoms with van der Waals surface area (Å²) in [5, 5.41) is 12.3. The fourth-order valence-electron chi connectivity index (χ4n) is 3.74. The van der Waals surface area contributed by atoms with Crippen LogP contribution in [0.4, 0.5) is 4.79 Å². The van der Waals surface area contributed by atoms with Crippen LogP contribution in [0.5, 0.6) is 0 Å². The maximum atomic E-state index is 13.2. The lowest BCUT2D eigenvalue weighted by molar-refractivity contribution is -0.138. The zero-order valence-corrected chi connectivity index (χ0v) is 20.8. The number of carbonyl (C=O) groups excluding carboxylic acids is 3. The molecule has 0 spiro atoms. The summed E-state index contributed by atoms with van der Waals surface area (Å²) in [5.41, 5.74) is 1.20. The van der Waals surface area contributed by atoms with Gasteiger partial charge in [0.05, 0.1) is 6.61 Å². The summed E-state index contributed by atoms with van der Waals surface area (Å²) in [6, 6.07) is 7.29. The normalized spacial score (nSPS) is 14.2. The van der Waals surface area contributed by atoms with Crippen molar-refractivity contribution in [3.63, 3.8) is 0 Å². The third kappa shape index (κ3) is 7.14. The number of benzene rings is 1. The number of carboxylic acid groups (broad SMARTS) is 1. The molecule has 0 aliphatic carbocycles. The molecule has 1 aromatic carbocycles. The van der Waals surface area contributed by atoms with Crippen molar-refractivity contribution in [1.82, 2.24) is 25.1 Å². The molecule has 2 N–H and O–H groups in total. The maximum Gasteiger partial charge on any atom is 0.409 e. The number of rotatable bonds is 8. The summed E-state index contributed by atoms with van der Waals surface area (Å²) in [5.74, 6) is -1.84. The Balaban J connectivity index is 1.75. The molecule has 0 saturated carbocycles. The van der Waals surface area contributed by atoms with Crippen molar-refractivity contribution in [2.24, 2.45) is 0 Å². The maximum absolute atomic E-state index is 13.2. The topological polar surface area (TPSA) is 142 Å². The van der Waals surface area contributed by atoms with Crippen molar-refractivity contribution < 1.29 is 29.0 Å². The predicted octanol–water partition coefficient (Wildman–Crippen LogP) is 2.37. The Morgan fingerprint density at radius 3 is 2.44 bits per heavy atom. The van der Waals surface area contributed by atoms with E-state index in [1.807, 2.05) is 0 Å². The molecular formula is C24H28ClN5O6. The van der Waals surface area contributed by atoms with Crippen LogP contribution < -0.4 is 5.32 Å². The summed E-state index contributed by atoms with van der Waals surface area (Å²) < 4.78 is 4.99. The number of ether oxygens (including phenoxy) is 1. The molecule has 1 atom stereocenters. The number of hydrogen-bond acceptors (Lipinski definition) is 7. The number of carboxylic acids is 1. The molecule has 1 aliphatic heterocycles. The second kappa shape index (κ2) is 12.3. The molecule has 1 aromatic heterocycles. The van der Waals surface area contributed by atoms with E-state index in [0.29, 0.717) is 22.1 Å². The second-order valence-corrected chi connectivity index (χ2v) is 8.63. The number of aryl methyl sites for hydroxylation is 1. The highest BCUT2D eigenvalue weighted by atomic mass is 35.5. The smallest absolute Gasteiger partial charge is 0.409 e. The molecule has 1 aliphatic rings. The molecule has 3 rings (SSSR count). The molecule has 2 heterocycles. The minimum Gasteiger partial charge on any atom is -0.481 e. The van der Waals surface area contributed by atoms with Gasteiger partial charge in [0.2, 0.25) is 5.91 Å². The number of aliphatic carboxylic acids is 1. The highest BCUT2D eigenvalue weighted by Crippen LogP contribution is 2.20. The zero-order valence-electron chi connectivity index (χ0n) is 20.1. The lowest BCUT2D eigenvalue weighted by Gasteiger charge is -2.35. The van der Waals surface area contributed by atoms with Crippen molar-refractivity contribution in [2.45, 2.75) is 32.7 Å². The van der Waals surface area contributed by atoms with Crippen LogP contribution in [0.3, 0.4) is 0 Å². The first kappa shape index (κ1) is 26.9. The van der Waals surface area contributed by atoms with Crippen LogP contribution in [0.2, 0.25) is 5.02 Å². The van der Waals surface area contributed by atoms with Gasteiger partial charge in [-0.15, -0.1) is 0 Å². The van der Waals surface area contributed by atoms with Crippen LogP contribution >= 0.6 is 11.6 Å². The van der Waals surface area contributed by atoms with Gasteiger partial charge in [0.15, 0.2) is 5.82 Å². The van der Waals surface area contributed by atoms with Gasteiger partial charge in [0.25, 0.3) is 5.91 Å². The molecule has 12 heteroatoms. The SMILES string of the molecule is CCOC(=O)N1CCN(C(=O)[C@H](CCC(=O)O)NC(=O)c2cc(C)nc(-c3cccc(Cl)c3)n2)CC1. The summed E-state index contributed by atoms with van der Waals surface area (Å²) in [6.45, 7) is 4.71. The van der Waals surface area contributed by atoms with Gasteiger partial charge in [-0.1, -0.05) is 23.7 Å². The fourth-order valence-corrected chi connectivity index (χ4v) is 3.93. The van der Waals surface area contributed by atoms with Gasteiger partial charge in [0, 0.05) is 48.9 Å². The van der Waals surface area contributed by atoms with E-state index < -0.39 is 29.9 Å². The fraction of sp³-hybridized carbons (Fsp3) is 0.417. The van der Waals surface area contributed by atoms with E-state index in [1.165, 1.54) is 15.9 Å². The molecule has 0 radical (unpaired) electrons. The molecular weight excluding hydrogens is 490 g/mol. The van der Waals surface area contributed by atoms with Crippen molar-refractivity contribution in [2.75, 3.05) is 32.8 Å². The lowest BCUT2D eigenvalue weighted by atomic mass is 10.1. The number of carbonyl (C=O) groups is 4. The number of hydrogen-bond donors (Lipinski definition) is 2. The van der Waals surface area contributed by atoms with Gasteiger partial charge in [0.1, 0.15) is 11.7 Å². The van der Waals surface area contributed by atoms with Crippen LogP contribution in [0.1, 0.15) is 35.9 Å². The average molecular weight is 518 g/mol. The first-order valence-electron chi connectivity index (χ1n) is 11.5. The molecule has 0 bridgehead atoms. The summed E-state index contributed by atoms with van der Waals surface area (Å²) in [4.78, 5) is 61.1. The van der Waals surface area contributed by atoms with Crippen LogP contribution in [0, 0.1) is 6.92 Å². The van der Waals surface area contributed by atoms with E-state index in [-0.39, 0.29) is 51.3 Å². The largest absolute Gasteiger partial charge is 0.481 e. The Morgan fingerprint density at radius 2 is 1.81 bits per heavy atom. The van der Waals surface area contributed by atoms with Crippen LogP contribution in [-0.2, 0) is 14.3 Å². The third-order valence-electron chi connectivity index (χ3n) is 5.54. The monoisotopic (exact) mass is 517 g/mol. The predicted molar refractivity (Wildman–Crippen MR) is 131 cm³/mol. The Kier molecular flexibility index (Phi) is 9.18. The van der Waals surface area contributed by atoms with Gasteiger partial charge in [-0.25, -0.2) is 14.8 Å². The molecule has 11 nitrogen and oxygen atoms in total. The molecule has 3 amide bonds. The van der Waals surface area contributed by atoms with Gasteiger partial charge >= 0.3 is 12.1 Å². The molecule has 36 heavy (non-hydrogen) atoms. The Hall–Kier alpha value is -3.73. The number of halogens is 1. The number of aromatic nitrogens is 2. The van der Waals surface area contributed by atoms with E-state index in [4.69, 9.17) is 21.4 Å². The van der Waals surface area contributed by atoms with Crippen LogP contribution in [-0.4, -0.2) is 87.6 Å². The number of piperazine rings is 1. The molecule has 1 fully saturated rings. The highest BCUT2D eigenvalue weighted by Gasteiger charge is 2.31.